The number of hydrogen-bond acceptors (Lipinski definition) is 2. The van der Waals surface area contributed by atoms with Crippen LogP contribution >= 0.6 is 0 Å². The van der Waals surface area contributed by atoms with E-state index in [0.717, 1.165) is 29.9 Å². The molecule has 0 heterocycles. The molecule has 0 bridgehead atoms. The van der Waals surface area contributed by atoms with Crippen LogP contribution in [0.5, 0.6) is 0 Å². The average molecular weight is 324 g/mol. The predicted molar refractivity (Wildman–Crippen MR) is 98.5 cm³/mol. The van der Waals surface area contributed by atoms with Gasteiger partial charge < -0.3 is 9.84 Å². The molecule has 1 fully saturated rings. The summed E-state index contributed by atoms with van der Waals surface area (Å²) in [6, 6.07) is 18.3. The first kappa shape index (κ1) is 17.2. The van der Waals surface area contributed by atoms with E-state index < -0.39 is 6.29 Å². The number of ether oxygens (including phenoxy) is 1. The Labute approximate surface area is 145 Å². The second-order valence-electron chi connectivity index (χ2n) is 6.93. The highest BCUT2D eigenvalue weighted by Crippen LogP contribution is 2.39. The molecule has 4 atom stereocenters. The third kappa shape index (κ3) is 3.88. The molecule has 2 nitrogen and oxygen atoms in total. The zero-order valence-corrected chi connectivity index (χ0v) is 14.7. The van der Waals surface area contributed by atoms with Crippen molar-refractivity contribution < 1.29 is 9.84 Å². The summed E-state index contributed by atoms with van der Waals surface area (Å²) >= 11 is 0. The SMILES string of the molecule is CCC1CC(CC)C(OC(O)c2ccc(-c3ccccc3)cc2)C1. The normalized spacial score (nSPS) is 24.9. The zero-order valence-electron chi connectivity index (χ0n) is 14.7. The lowest BCUT2D eigenvalue weighted by atomic mass is 10.0. The Hall–Kier alpha value is -1.64. The van der Waals surface area contributed by atoms with E-state index in [1.807, 2.05) is 30.3 Å². The molecule has 1 saturated carbocycles. The second kappa shape index (κ2) is 7.96. The van der Waals surface area contributed by atoms with Crippen molar-refractivity contribution in [3.05, 3.63) is 60.2 Å². The van der Waals surface area contributed by atoms with Gasteiger partial charge in [-0.15, -0.1) is 0 Å². The molecule has 128 valence electrons. The van der Waals surface area contributed by atoms with E-state index in [2.05, 4.69) is 38.1 Å². The number of aliphatic hydroxyl groups is 1. The lowest BCUT2D eigenvalue weighted by Gasteiger charge is -2.23. The Bertz CT molecular complexity index is 620. The highest BCUT2D eigenvalue weighted by molar-refractivity contribution is 5.63. The summed E-state index contributed by atoms with van der Waals surface area (Å²) < 4.78 is 6.03. The summed E-state index contributed by atoms with van der Waals surface area (Å²) in [6.45, 7) is 4.47. The van der Waals surface area contributed by atoms with Gasteiger partial charge in [0, 0.05) is 5.56 Å². The molecule has 0 amide bonds. The fraction of sp³-hybridized carbons (Fsp3) is 0.455. The van der Waals surface area contributed by atoms with E-state index in [4.69, 9.17) is 4.74 Å². The number of hydrogen-bond donors (Lipinski definition) is 1. The molecule has 1 aliphatic carbocycles. The highest BCUT2D eigenvalue weighted by atomic mass is 16.6. The largest absolute Gasteiger partial charge is 0.364 e. The molecule has 3 rings (SSSR count). The van der Waals surface area contributed by atoms with E-state index in [-0.39, 0.29) is 6.10 Å². The van der Waals surface area contributed by atoms with Gasteiger partial charge in [-0.3, -0.25) is 0 Å². The van der Waals surface area contributed by atoms with E-state index in [1.54, 1.807) is 0 Å². The first-order valence-electron chi connectivity index (χ1n) is 9.20. The van der Waals surface area contributed by atoms with Crippen LogP contribution in [0, 0.1) is 11.8 Å². The van der Waals surface area contributed by atoms with E-state index in [1.165, 1.54) is 18.4 Å². The Morgan fingerprint density at radius 1 is 0.917 bits per heavy atom. The Morgan fingerprint density at radius 2 is 1.58 bits per heavy atom. The topological polar surface area (TPSA) is 29.5 Å². The van der Waals surface area contributed by atoms with E-state index in [9.17, 15) is 5.11 Å². The van der Waals surface area contributed by atoms with Gasteiger partial charge in [-0.25, -0.2) is 0 Å². The van der Waals surface area contributed by atoms with Gasteiger partial charge in [0.15, 0.2) is 6.29 Å². The molecule has 2 aromatic carbocycles. The molecule has 2 heteroatoms. The van der Waals surface area contributed by atoms with Crippen LogP contribution in [0.3, 0.4) is 0 Å². The number of rotatable bonds is 6. The van der Waals surface area contributed by atoms with E-state index in [0.29, 0.717) is 5.92 Å². The van der Waals surface area contributed by atoms with Crippen LogP contribution in [0.1, 0.15) is 51.4 Å². The molecule has 2 aromatic rings. The maximum Gasteiger partial charge on any atom is 0.181 e. The van der Waals surface area contributed by atoms with Crippen LogP contribution in [0.25, 0.3) is 11.1 Å². The second-order valence-corrected chi connectivity index (χ2v) is 6.93. The van der Waals surface area contributed by atoms with Gasteiger partial charge in [0.05, 0.1) is 6.10 Å². The minimum atomic E-state index is -0.829. The van der Waals surface area contributed by atoms with Crippen molar-refractivity contribution in [1.82, 2.24) is 0 Å². The summed E-state index contributed by atoms with van der Waals surface area (Å²) in [7, 11) is 0. The number of benzene rings is 2. The average Bonchev–Trinajstić information content (AvgIpc) is 3.04. The molecule has 0 aromatic heterocycles. The fourth-order valence-corrected chi connectivity index (χ4v) is 3.84. The van der Waals surface area contributed by atoms with E-state index >= 15 is 0 Å². The van der Waals surface area contributed by atoms with Crippen molar-refractivity contribution in [1.29, 1.82) is 0 Å². The molecule has 4 unspecified atom stereocenters. The fourth-order valence-electron chi connectivity index (χ4n) is 3.84. The third-order valence-electron chi connectivity index (χ3n) is 5.44. The lowest BCUT2D eigenvalue weighted by molar-refractivity contribution is -0.150. The molecular formula is C22H28O2. The van der Waals surface area contributed by atoms with Gasteiger partial charge in [-0.2, -0.15) is 0 Å². The van der Waals surface area contributed by atoms with Gasteiger partial charge in [0.25, 0.3) is 0 Å². The Kier molecular flexibility index (Phi) is 5.70. The number of aliphatic hydroxyl groups excluding tert-OH is 1. The summed E-state index contributed by atoms with van der Waals surface area (Å²) in [5.74, 6) is 1.32. The van der Waals surface area contributed by atoms with Crippen molar-refractivity contribution in [2.75, 3.05) is 0 Å². The highest BCUT2D eigenvalue weighted by Gasteiger charge is 2.34. The van der Waals surface area contributed by atoms with Crippen molar-refractivity contribution in [2.24, 2.45) is 11.8 Å². The first-order valence-corrected chi connectivity index (χ1v) is 9.20. The molecule has 1 N–H and O–H groups in total. The van der Waals surface area contributed by atoms with Gasteiger partial charge in [-0.05, 0) is 35.8 Å². The van der Waals surface area contributed by atoms with Crippen molar-refractivity contribution in [2.45, 2.75) is 51.9 Å². The zero-order chi connectivity index (χ0) is 16.9. The molecule has 0 radical (unpaired) electrons. The molecule has 1 aliphatic rings. The Morgan fingerprint density at radius 3 is 2.21 bits per heavy atom. The summed E-state index contributed by atoms with van der Waals surface area (Å²) in [5, 5.41) is 10.5. The van der Waals surface area contributed by atoms with Crippen LogP contribution in [0.15, 0.2) is 54.6 Å². The summed E-state index contributed by atoms with van der Waals surface area (Å²) in [6.07, 6.45) is 4.00. The lowest BCUT2D eigenvalue weighted by Crippen LogP contribution is -2.20. The molecule has 0 spiro atoms. The Balaban J connectivity index is 1.66. The first-order chi connectivity index (χ1) is 11.7. The van der Waals surface area contributed by atoms with Crippen molar-refractivity contribution in [3.8, 4) is 11.1 Å². The van der Waals surface area contributed by atoms with Crippen LogP contribution in [-0.4, -0.2) is 11.2 Å². The standard InChI is InChI=1S/C22H28O2/c1-3-16-14-17(4-2)21(15-16)24-22(23)20-12-10-19(11-13-20)18-8-6-5-7-9-18/h5-13,16-17,21-23H,3-4,14-15H2,1-2H3. The van der Waals surface area contributed by atoms with Crippen molar-refractivity contribution >= 4 is 0 Å². The molecule has 0 saturated heterocycles. The van der Waals surface area contributed by atoms with Crippen molar-refractivity contribution in [3.63, 3.8) is 0 Å². The van der Waals surface area contributed by atoms with Gasteiger partial charge in [0.2, 0.25) is 0 Å². The minimum absolute atomic E-state index is 0.184. The predicted octanol–water partition coefficient (Wildman–Crippen LogP) is 5.58. The maximum atomic E-state index is 10.5. The molecular weight excluding hydrogens is 296 g/mol. The minimum Gasteiger partial charge on any atom is -0.364 e. The third-order valence-corrected chi connectivity index (χ3v) is 5.44. The smallest absolute Gasteiger partial charge is 0.181 e. The van der Waals surface area contributed by atoms with Gasteiger partial charge in [-0.1, -0.05) is 81.3 Å². The quantitative estimate of drug-likeness (QED) is 0.703. The monoisotopic (exact) mass is 324 g/mol. The summed E-state index contributed by atoms with van der Waals surface area (Å²) in [5.41, 5.74) is 3.18. The molecule has 0 aliphatic heterocycles. The van der Waals surface area contributed by atoms with Gasteiger partial charge >= 0.3 is 0 Å². The maximum absolute atomic E-state index is 10.5. The van der Waals surface area contributed by atoms with Crippen LogP contribution in [0.2, 0.25) is 0 Å². The van der Waals surface area contributed by atoms with Crippen LogP contribution < -0.4 is 0 Å². The molecule has 24 heavy (non-hydrogen) atoms. The van der Waals surface area contributed by atoms with Crippen LogP contribution in [-0.2, 0) is 4.74 Å². The van der Waals surface area contributed by atoms with Crippen LogP contribution in [0.4, 0.5) is 0 Å². The van der Waals surface area contributed by atoms with Gasteiger partial charge in [0.1, 0.15) is 0 Å². The summed E-state index contributed by atoms with van der Waals surface area (Å²) in [4.78, 5) is 0.